The Balaban J connectivity index is 1.75. The van der Waals surface area contributed by atoms with Crippen molar-refractivity contribution in [2.45, 2.75) is 38.0 Å². The molecule has 1 saturated heterocycles. The van der Waals surface area contributed by atoms with Gasteiger partial charge in [-0.1, -0.05) is 19.3 Å². The van der Waals surface area contributed by atoms with Gasteiger partial charge in [-0.3, -0.25) is 0 Å². The Hall–Kier alpha value is -1.16. The quantitative estimate of drug-likeness (QED) is 0.866. The van der Waals surface area contributed by atoms with Gasteiger partial charge in [0.15, 0.2) is 0 Å². The van der Waals surface area contributed by atoms with Crippen LogP contribution in [0.3, 0.4) is 0 Å². The molecule has 0 spiro atoms. The summed E-state index contributed by atoms with van der Waals surface area (Å²) in [6, 6.07) is 2.05. The number of rotatable bonds is 2. The van der Waals surface area contributed by atoms with E-state index in [1.54, 1.807) is 0 Å². The number of hydrogen-bond donors (Lipinski definition) is 1. The van der Waals surface area contributed by atoms with Crippen LogP contribution in [-0.2, 0) is 0 Å². The fourth-order valence-corrected chi connectivity index (χ4v) is 2.99. The first-order chi connectivity index (χ1) is 8.93. The summed E-state index contributed by atoms with van der Waals surface area (Å²) in [4.78, 5) is 11.7. The molecule has 0 unspecified atom stereocenters. The van der Waals surface area contributed by atoms with Gasteiger partial charge in [-0.2, -0.15) is 0 Å². The molecule has 0 bridgehead atoms. The van der Waals surface area contributed by atoms with Crippen LogP contribution in [0.25, 0.3) is 0 Å². The molecule has 1 aromatic heterocycles. The molecule has 1 N–H and O–H groups in total. The number of aromatic nitrogens is 2. The van der Waals surface area contributed by atoms with Crippen molar-refractivity contribution in [2.75, 3.05) is 31.1 Å². The maximum absolute atomic E-state index is 4.81. The zero-order valence-corrected chi connectivity index (χ0v) is 10.9. The molecule has 1 saturated carbocycles. The van der Waals surface area contributed by atoms with Crippen LogP contribution in [0.1, 0.15) is 43.8 Å². The van der Waals surface area contributed by atoms with Crippen molar-refractivity contribution >= 4 is 5.82 Å². The molecule has 1 aliphatic heterocycles. The molecular weight excluding hydrogens is 224 g/mol. The smallest absolute Gasteiger partial charge is 0.133 e. The maximum atomic E-state index is 4.81. The first-order valence-electron chi connectivity index (χ1n) is 7.22. The Kier molecular flexibility index (Phi) is 3.74. The second-order valence-electron chi connectivity index (χ2n) is 5.35. The number of nitrogens with zero attached hydrogens (tertiary/aromatic N) is 3. The van der Waals surface area contributed by atoms with Crippen LogP contribution in [0, 0.1) is 0 Å². The zero-order valence-electron chi connectivity index (χ0n) is 10.9. The van der Waals surface area contributed by atoms with Gasteiger partial charge in [0.05, 0.1) is 0 Å². The molecule has 98 valence electrons. The number of hydrogen-bond acceptors (Lipinski definition) is 4. The minimum Gasteiger partial charge on any atom is -0.354 e. The molecule has 0 atom stereocenters. The van der Waals surface area contributed by atoms with Crippen LogP contribution in [-0.4, -0.2) is 36.1 Å². The van der Waals surface area contributed by atoms with Gasteiger partial charge in [-0.15, -0.1) is 0 Å². The van der Waals surface area contributed by atoms with Gasteiger partial charge in [0.25, 0.3) is 0 Å². The molecular formula is C14H22N4. The van der Waals surface area contributed by atoms with E-state index in [4.69, 9.17) is 4.98 Å². The van der Waals surface area contributed by atoms with Crippen molar-refractivity contribution in [3.05, 3.63) is 18.1 Å². The van der Waals surface area contributed by atoms with Crippen LogP contribution in [0.15, 0.2) is 12.3 Å². The predicted molar refractivity (Wildman–Crippen MR) is 72.9 cm³/mol. The fourth-order valence-electron chi connectivity index (χ4n) is 2.99. The SMILES string of the molecule is c1cc(N2CCNCC2)nc(C2CCCCC2)n1. The van der Waals surface area contributed by atoms with E-state index in [1.165, 1.54) is 32.1 Å². The topological polar surface area (TPSA) is 41.0 Å². The van der Waals surface area contributed by atoms with Gasteiger partial charge in [0.2, 0.25) is 0 Å². The van der Waals surface area contributed by atoms with E-state index in [9.17, 15) is 0 Å². The van der Waals surface area contributed by atoms with Gasteiger partial charge in [-0.25, -0.2) is 9.97 Å². The standard InChI is InChI=1S/C14H22N4/c1-2-4-12(5-3-1)14-16-7-6-13(17-14)18-10-8-15-9-11-18/h6-7,12,15H,1-5,8-11H2. The van der Waals surface area contributed by atoms with Gasteiger partial charge in [0, 0.05) is 38.3 Å². The van der Waals surface area contributed by atoms with Crippen LogP contribution in [0.4, 0.5) is 5.82 Å². The van der Waals surface area contributed by atoms with Crippen molar-refractivity contribution in [2.24, 2.45) is 0 Å². The van der Waals surface area contributed by atoms with E-state index < -0.39 is 0 Å². The predicted octanol–water partition coefficient (Wildman–Crippen LogP) is 1.93. The molecule has 1 aromatic rings. The first kappa shape index (κ1) is 11.9. The molecule has 18 heavy (non-hydrogen) atoms. The van der Waals surface area contributed by atoms with Crippen molar-refractivity contribution in [3.63, 3.8) is 0 Å². The third-order valence-electron chi connectivity index (χ3n) is 4.07. The Morgan fingerprint density at radius 2 is 1.89 bits per heavy atom. The highest BCUT2D eigenvalue weighted by molar-refractivity contribution is 5.38. The van der Waals surface area contributed by atoms with Gasteiger partial charge >= 0.3 is 0 Å². The zero-order chi connectivity index (χ0) is 12.2. The lowest BCUT2D eigenvalue weighted by atomic mass is 9.89. The highest BCUT2D eigenvalue weighted by Crippen LogP contribution is 2.31. The number of anilines is 1. The molecule has 4 heteroatoms. The van der Waals surface area contributed by atoms with Crippen molar-refractivity contribution in [3.8, 4) is 0 Å². The Labute approximate surface area is 109 Å². The van der Waals surface area contributed by atoms with E-state index in [1.807, 2.05) is 6.20 Å². The van der Waals surface area contributed by atoms with Crippen molar-refractivity contribution < 1.29 is 0 Å². The van der Waals surface area contributed by atoms with Crippen molar-refractivity contribution in [1.29, 1.82) is 0 Å². The maximum Gasteiger partial charge on any atom is 0.133 e. The molecule has 4 nitrogen and oxygen atoms in total. The van der Waals surface area contributed by atoms with Crippen molar-refractivity contribution in [1.82, 2.24) is 15.3 Å². The largest absolute Gasteiger partial charge is 0.354 e. The molecule has 2 fully saturated rings. The molecule has 1 aliphatic carbocycles. The first-order valence-corrected chi connectivity index (χ1v) is 7.22. The van der Waals surface area contributed by atoms with Gasteiger partial charge in [-0.05, 0) is 18.9 Å². The third-order valence-corrected chi connectivity index (χ3v) is 4.07. The lowest BCUT2D eigenvalue weighted by molar-refractivity contribution is 0.428. The van der Waals surface area contributed by atoms with Gasteiger partial charge in [0.1, 0.15) is 11.6 Å². The molecule has 0 aromatic carbocycles. The summed E-state index contributed by atoms with van der Waals surface area (Å²) in [5.41, 5.74) is 0. The molecule has 0 radical (unpaired) electrons. The summed E-state index contributed by atoms with van der Waals surface area (Å²) in [5.74, 6) is 2.79. The second kappa shape index (κ2) is 5.65. The minimum atomic E-state index is 0.599. The highest BCUT2D eigenvalue weighted by atomic mass is 15.2. The molecule has 2 heterocycles. The number of nitrogens with one attached hydrogen (secondary N) is 1. The van der Waals surface area contributed by atoms with E-state index in [-0.39, 0.29) is 0 Å². The summed E-state index contributed by atoms with van der Waals surface area (Å²) in [5, 5.41) is 3.38. The minimum absolute atomic E-state index is 0.599. The summed E-state index contributed by atoms with van der Waals surface area (Å²) < 4.78 is 0. The lowest BCUT2D eigenvalue weighted by Gasteiger charge is -2.29. The summed E-state index contributed by atoms with van der Waals surface area (Å²) >= 11 is 0. The summed E-state index contributed by atoms with van der Waals surface area (Å²) in [6.45, 7) is 4.23. The van der Waals surface area contributed by atoms with E-state index in [0.29, 0.717) is 5.92 Å². The monoisotopic (exact) mass is 246 g/mol. The van der Waals surface area contributed by atoms with Crippen LogP contribution >= 0.6 is 0 Å². The van der Waals surface area contributed by atoms with Crippen LogP contribution < -0.4 is 10.2 Å². The highest BCUT2D eigenvalue weighted by Gasteiger charge is 2.19. The summed E-state index contributed by atoms with van der Waals surface area (Å²) in [6.07, 6.45) is 8.54. The van der Waals surface area contributed by atoms with E-state index in [0.717, 1.165) is 37.8 Å². The Bertz CT molecular complexity index is 348. The molecule has 3 rings (SSSR count). The normalized spacial score (nSPS) is 22.1. The second-order valence-corrected chi connectivity index (χ2v) is 5.35. The summed E-state index contributed by atoms with van der Waals surface area (Å²) in [7, 11) is 0. The average Bonchev–Trinajstić information content (AvgIpc) is 2.49. The van der Waals surface area contributed by atoms with Gasteiger partial charge < -0.3 is 10.2 Å². The average molecular weight is 246 g/mol. The van der Waals surface area contributed by atoms with E-state index >= 15 is 0 Å². The molecule has 2 aliphatic rings. The molecule has 0 amide bonds. The third kappa shape index (κ3) is 2.64. The fraction of sp³-hybridized carbons (Fsp3) is 0.714. The van der Waals surface area contributed by atoms with Crippen LogP contribution in [0.5, 0.6) is 0 Å². The lowest BCUT2D eigenvalue weighted by Crippen LogP contribution is -2.44. The Morgan fingerprint density at radius 1 is 1.11 bits per heavy atom. The van der Waals surface area contributed by atoms with Crippen LogP contribution in [0.2, 0.25) is 0 Å². The van der Waals surface area contributed by atoms with E-state index in [2.05, 4.69) is 21.3 Å². The Morgan fingerprint density at radius 3 is 2.67 bits per heavy atom. The number of piperazine rings is 1.